The number of para-hydroxylation sites is 1. The zero-order valence-corrected chi connectivity index (χ0v) is 14.6. The summed E-state index contributed by atoms with van der Waals surface area (Å²) in [6.45, 7) is 4.56. The number of hydrogen-bond donors (Lipinski definition) is 0. The van der Waals surface area contributed by atoms with E-state index in [9.17, 15) is 14.9 Å². The van der Waals surface area contributed by atoms with Crippen LogP contribution in [0.2, 0.25) is 0 Å². The average Bonchev–Trinajstić information content (AvgIpc) is 2.67. The lowest BCUT2D eigenvalue weighted by Crippen LogP contribution is -2.50. The molecule has 7 nitrogen and oxygen atoms in total. The van der Waals surface area contributed by atoms with Crippen LogP contribution in [-0.4, -0.2) is 48.5 Å². The van der Waals surface area contributed by atoms with Crippen LogP contribution in [-0.2, 0) is 4.79 Å². The number of non-ortho nitro benzene ring substituents is 1. The molecular formula is C19H21N3O4. The van der Waals surface area contributed by atoms with Crippen LogP contribution in [0.4, 0.5) is 11.4 Å². The van der Waals surface area contributed by atoms with E-state index in [1.165, 1.54) is 12.1 Å². The Kier molecular flexibility index (Phi) is 5.36. The molecule has 0 bridgehead atoms. The summed E-state index contributed by atoms with van der Waals surface area (Å²) in [6, 6.07) is 14.1. The van der Waals surface area contributed by atoms with Crippen molar-refractivity contribution in [3.63, 3.8) is 0 Å². The molecule has 7 heteroatoms. The number of rotatable bonds is 5. The Morgan fingerprint density at radius 1 is 1.08 bits per heavy atom. The van der Waals surface area contributed by atoms with Crippen LogP contribution in [0, 0.1) is 17.0 Å². The van der Waals surface area contributed by atoms with Crippen molar-refractivity contribution >= 4 is 17.3 Å². The number of carbonyl (C=O) groups is 1. The summed E-state index contributed by atoms with van der Waals surface area (Å²) in [5, 5.41) is 10.7. The van der Waals surface area contributed by atoms with Gasteiger partial charge in [-0.3, -0.25) is 14.9 Å². The van der Waals surface area contributed by atoms with Crippen molar-refractivity contribution in [2.45, 2.75) is 6.92 Å². The summed E-state index contributed by atoms with van der Waals surface area (Å²) < 4.78 is 5.63. The van der Waals surface area contributed by atoms with Crippen LogP contribution in [0.25, 0.3) is 0 Å². The molecule has 0 radical (unpaired) electrons. The molecule has 0 aromatic heterocycles. The van der Waals surface area contributed by atoms with Crippen LogP contribution in [0.3, 0.4) is 0 Å². The minimum absolute atomic E-state index is 0.0301. The second kappa shape index (κ2) is 7.86. The monoisotopic (exact) mass is 355 g/mol. The number of benzene rings is 2. The van der Waals surface area contributed by atoms with Crippen molar-refractivity contribution in [3.8, 4) is 5.75 Å². The third-order valence-electron chi connectivity index (χ3n) is 4.50. The minimum atomic E-state index is -0.408. The van der Waals surface area contributed by atoms with Gasteiger partial charge in [-0.2, -0.15) is 0 Å². The number of carbonyl (C=O) groups excluding carboxylic acids is 1. The number of piperazine rings is 1. The molecule has 2 aromatic carbocycles. The number of amides is 1. The van der Waals surface area contributed by atoms with Crippen molar-refractivity contribution in [3.05, 3.63) is 64.2 Å². The lowest BCUT2D eigenvalue weighted by atomic mass is 10.2. The Balaban J connectivity index is 1.50. The maximum absolute atomic E-state index is 12.4. The van der Waals surface area contributed by atoms with Gasteiger partial charge in [0.2, 0.25) is 0 Å². The number of nitro groups is 1. The minimum Gasteiger partial charge on any atom is -0.484 e. The van der Waals surface area contributed by atoms with Gasteiger partial charge in [0.25, 0.3) is 11.6 Å². The normalized spacial score (nSPS) is 14.2. The van der Waals surface area contributed by atoms with Gasteiger partial charge < -0.3 is 14.5 Å². The van der Waals surface area contributed by atoms with E-state index in [1.54, 1.807) is 17.0 Å². The summed E-state index contributed by atoms with van der Waals surface area (Å²) in [6.07, 6.45) is 0. The van der Waals surface area contributed by atoms with Crippen LogP contribution in [0.15, 0.2) is 48.5 Å². The summed E-state index contributed by atoms with van der Waals surface area (Å²) in [5.74, 6) is 0.696. The number of ether oxygens (including phenoxy) is 1. The largest absolute Gasteiger partial charge is 0.484 e. The highest BCUT2D eigenvalue weighted by Crippen LogP contribution is 2.21. The molecule has 0 unspecified atom stereocenters. The predicted molar refractivity (Wildman–Crippen MR) is 98.6 cm³/mol. The molecule has 1 aliphatic rings. The van der Waals surface area contributed by atoms with Gasteiger partial charge in [-0.05, 0) is 30.7 Å². The third kappa shape index (κ3) is 4.11. The number of hydrogen-bond acceptors (Lipinski definition) is 5. The van der Waals surface area contributed by atoms with Crippen LogP contribution in [0.5, 0.6) is 5.75 Å². The van der Waals surface area contributed by atoms with Crippen molar-refractivity contribution in [1.82, 2.24) is 4.90 Å². The first kappa shape index (κ1) is 17.7. The zero-order chi connectivity index (χ0) is 18.5. The van der Waals surface area contributed by atoms with E-state index >= 15 is 0 Å². The fourth-order valence-electron chi connectivity index (χ4n) is 2.95. The molecule has 1 aliphatic heterocycles. The van der Waals surface area contributed by atoms with E-state index in [2.05, 4.69) is 4.90 Å². The molecule has 136 valence electrons. The van der Waals surface area contributed by atoms with Crippen molar-refractivity contribution in [1.29, 1.82) is 0 Å². The van der Waals surface area contributed by atoms with E-state index in [1.807, 2.05) is 31.2 Å². The molecular weight excluding hydrogens is 334 g/mol. The number of anilines is 1. The molecule has 1 heterocycles. The molecule has 0 atom stereocenters. The van der Waals surface area contributed by atoms with E-state index in [-0.39, 0.29) is 18.2 Å². The molecule has 0 aliphatic carbocycles. The van der Waals surface area contributed by atoms with Crippen molar-refractivity contribution < 1.29 is 14.5 Å². The van der Waals surface area contributed by atoms with Gasteiger partial charge in [0, 0.05) is 44.0 Å². The Morgan fingerprint density at radius 3 is 2.35 bits per heavy atom. The number of nitrogens with zero attached hydrogens (tertiary/aromatic N) is 3. The highest BCUT2D eigenvalue weighted by Gasteiger charge is 2.22. The summed E-state index contributed by atoms with van der Waals surface area (Å²) in [7, 11) is 0. The summed E-state index contributed by atoms with van der Waals surface area (Å²) in [4.78, 5) is 26.6. The third-order valence-corrected chi connectivity index (χ3v) is 4.50. The molecule has 26 heavy (non-hydrogen) atoms. The van der Waals surface area contributed by atoms with Crippen LogP contribution >= 0.6 is 0 Å². The van der Waals surface area contributed by atoms with Crippen molar-refractivity contribution in [2.24, 2.45) is 0 Å². The highest BCUT2D eigenvalue weighted by molar-refractivity contribution is 5.78. The van der Waals surface area contributed by atoms with Gasteiger partial charge in [0.15, 0.2) is 6.61 Å². The molecule has 0 saturated carbocycles. The smallest absolute Gasteiger partial charge is 0.269 e. The molecule has 0 spiro atoms. The van der Waals surface area contributed by atoms with Gasteiger partial charge in [-0.15, -0.1) is 0 Å². The first-order valence-corrected chi connectivity index (χ1v) is 8.50. The van der Waals surface area contributed by atoms with Gasteiger partial charge in [0.05, 0.1) is 4.92 Å². The lowest BCUT2D eigenvalue weighted by molar-refractivity contribution is -0.384. The van der Waals surface area contributed by atoms with Gasteiger partial charge in [-0.1, -0.05) is 18.2 Å². The first-order chi connectivity index (χ1) is 12.5. The molecule has 1 amide bonds. The Morgan fingerprint density at radius 2 is 1.73 bits per heavy atom. The molecule has 3 rings (SSSR count). The molecule has 1 saturated heterocycles. The molecule has 0 N–H and O–H groups in total. The molecule has 1 fully saturated rings. The fraction of sp³-hybridized carbons (Fsp3) is 0.316. The number of nitro benzene ring substituents is 1. The van der Waals surface area contributed by atoms with Crippen LogP contribution in [0.1, 0.15) is 5.56 Å². The summed E-state index contributed by atoms with van der Waals surface area (Å²) >= 11 is 0. The maximum atomic E-state index is 12.4. The van der Waals surface area contributed by atoms with E-state index in [0.717, 1.165) is 17.0 Å². The predicted octanol–water partition coefficient (Wildman–Crippen LogP) is 2.63. The highest BCUT2D eigenvalue weighted by atomic mass is 16.6. The number of aryl methyl sites for hydroxylation is 1. The second-order valence-corrected chi connectivity index (χ2v) is 6.20. The summed E-state index contributed by atoms with van der Waals surface area (Å²) in [5.41, 5.74) is 2.01. The second-order valence-electron chi connectivity index (χ2n) is 6.20. The van der Waals surface area contributed by atoms with E-state index in [4.69, 9.17) is 4.74 Å². The first-order valence-electron chi connectivity index (χ1n) is 8.50. The van der Waals surface area contributed by atoms with E-state index in [0.29, 0.717) is 26.2 Å². The molecule has 2 aromatic rings. The Labute approximate surface area is 151 Å². The standard InChI is InChI=1S/C19H21N3O4/c1-15-4-2-3-5-18(15)26-14-19(23)21-12-10-20(11-13-21)16-6-8-17(9-7-16)22(24)25/h2-9H,10-14H2,1H3. The zero-order valence-electron chi connectivity index (χ0n) is 14.6. The topological polar surface area (TPSA) is 75.9 Å². The van der Waals surface area contributed by atoms with Crippen molar-refractivity contribution in [2.75, 3.05) is 37.7 Å². The maximum Gasteiger partial charge on any atom is 0.269 e. The van der Waals surface area contributed by atoms with Gasteiger partial charge in [-0.25, -0.2) is 0 Å². The average molecular weight is 355 g/mol. The van der Waals surface area contributed by atoms with Gasteiger partial charge in [0.1, 0.15) is 5.75 Å². The van der Waals surface area contributed by atoms with Gasteiger partial charge >= 0.3 is 0 Å². The lowest BCUT2D eigenvalue weighted by Gasteiger charge is -2.36. The fourth-order valence-corrected chi connectivity index (χ4v) is 2.95. The Hall–Kier alpha value is -3.09. The van der Waals surface area contributed by atoms with Crippen LogP contribution < -0.4 is 9.64 Å². The van der Waals surface area contributed by atoms with E-state index < -0.39 is 4.92 Å². The SMILES string of the molecule is Cc1ccccc1OCC(=O)N1CCN(c2ccc([N+](=O)[O-])cc2)CC1. The quantitative estimate of drug-likeness (QED) is 0.609. The Bertz CT molecular complexity index is 784.